The molecule has 29 heavy (non-hydrogen) atoms. The van der Waals surface area contributed by atoms with Gasteiger partial charge >= 0.3 is 6.18 Å². The van der Waals surface area contributed by atoms with Crippen LogP contribution in [0.3, 0.4) is 0 Å². The molecule has 1 aliphatic rings. The molecule has 2 aromatic heterocycles. The second-order valence-corrected chi connectivity index (χ2v) is 7.98. The molecule has 3 heterocycles. The van der Waals surface area contributed by atoms with Crippen molar-refractivity contribution in [1.82, 2.24) is 19.7 Å². The zero-order valence-electron chi connectivity index (χ0n) is 16.2. The Morgan fingerprint density at radius 3 is 2.48 bits per heavy atom. The van der Waals surface area contributed by atoms with E-state index in [1.54, 1.807) is 0 Å². The van der Waals surface area contributed by atoms with Crippen molar-refractivity contribution in [3.05, 3.63) is 45.5 Å². The molecule has 10 heteroatoms. The molecule has 0 radical (unpaired) electrons. The summed E-state index contributed by atoms with van der Waals surface area (Å²) in [6.07, 6.45) is -0.586. The van der Waals surface area contributed by atoms with Crippen molar-refractivity contribution < 1.29 is 13.2 Å². The smallest absolute Gasteiger partial charge is 0.380 e. The highest BCUT2D eigenvalue weighted by Gasteiger charge is 2.31. The van der Waals surface area contributed by atoms with E-state index in [0.29, 0.717) is 17.8 Å². The van der Waals surface area contributed by atoms with Gasteiger partial charge in [0.1, 0.15) is 5.02 Å². The number of anilines is 1. The first-order valence-electron chi connectivity index (χ1n) is 9.45. The SMILES string of the molecule is CC(C)CN1CCC(Nc2cnn(-c3ccc(C(F)(F)F)cn3)c(=O)c2Cl)CC1. The van der Waals surface area contributed by atoms with Crippen LogP contribution in [0.5, 0.6) is 0 Å². The Bertz CT molecular complexity index is 890. The van der Waals surface area contributed by atoms with Crippen LogP contribution in [0.1, 0.15) is 32.3 Å². The first kappa shape index (κ1) is 21.6. The van der Waals surface area contributed by atoms with Gasteiger partial charge in [-0.15, -0.1) is 0 Å². The summed E-state index contributed by atoms with van der Waals surface area (Å²) in [6.45, 7) is 7.37. The van der Waals surface area contributed by atoms with Gasteiger partial charge in [0.25, 0.3) is 5.56 Å². The molecule has 0 amide bonds. The van der Waals surface area contributed by atoms with Crippen LogP contribution in [0.25, 0.3) is 5.82 Å². The highest BCUT2D eigenvalue weighted by molar-refractivity contribution is 6.32. The number of nitrogens with zero attached hydrogens (tertiary/aromatic N) is 4. The van der Waals surface area contributed by atoms with Gasteiger partial charge in [-0.25, -0.2) is 4.98 Å². The molecule has 158 valence electrons. The number of likely N-dealkylation sites (tertiary alicyclic amines) is 1. The van der Waals surface area contributed by atoms with Crippen LogP contribution >= 0.6 is 11.6 Å². The quantitative estimate of drug-likeness (QED) is 0.782. The van der Waals surface area contributed by atoms with E-state index in [0.717, 1.165) is 49.3 Å². The lowest BCUT2D eigenvalue weighted by Crippen LogP contribution is -2.41. The number of nitrogens with one attached hydrogen (secondary N) is 1. The molecule has 2 aromatic rings. The Morgan fingerprint density at radius 2 is 1.93 bits per heavy atom. The van der Waals surface area contributed by atoms with Gasteiger partial charge in [-0.05, 0) is 30.9 Å². The Kier molecular flexibility index (Phi) is 6.48. The zero-order valence-corrected chi connectivity index (χ0v) is 17.0. The molecule has 3 rings (SSSR count). The minimum Gasteiger partial charge on any atom is -0.380 e. The molecule has 0 aliphatic carbocycles. The van der Waals surface area contributed by atoms with E-state index in [-0.39, 0.29) is 16.9 Å². The number of alkyl halides is 3. The fourth-order valence-corrected chi connectivity index (χ4v) is 3.56. The van der Waals surface area contributed by atoms with E-state index < -0.39 is 17.3 Å². The van der Waals surface area contributed by atoms with Crippen molar-refractivity contribution in [2.75, 3.05) is 25.0 Å². The van der Waals surface area contributed by atoms with Gasteiger partial charge in [-0.1, -0.05) is 25.4 Å². The maximum atomic E-state index is 12.7. The molecular formula is C19H23ClF3N5O. The third kappa shape index (κ3) is 5.27. The number of hydrogen-bond acceptors (Lipinski definition) is 5. The Morgan fingerprint density at radius 1 is 1.24 bits per heavy atom. The average molecular weight is 430 g/mol. The predicted octanol–water partition coefficient (Wildman–Crippen LogP) is 3.83. The van der Waals surface area contributed by atoms with Crippen molar-refractivity contribution in [2.24, 2.45) is 5.92 Å². The fourth-order valence-electron chi connectivity index (χ4n) is 3.37. The standard InChI is InChI=1S/C19H23ClF3N5O/c1-12(2)11-27-7-5-14(6-8-27)26-15-10-25-28(18(29)17(15)20)16-4-3-13(9-24-16)19(21,22)23/h3-4,9-10,12,14,26H,5-8,11H2,1-2H3. The Balaban J connectivity index is 1.71. The Hall–Kier alpha value is -2.13. The number of hydrogen-bond donors (Lipinski definition) is 1. The third-order valence-electron chi connectivity index (χ3n) is 4.78. The second kappa shape index (κ2) is 8.71. The van der Waals surface area contributed by atoms with Crippen LogP contribution in [0.15, 0.2) is 29.3 Å². The van der Waals surface area contributed by atoms with Gasteiger partial charge in [0, 0.05) is 31.9 Å². The Labute approximate surface area is 171 Å². The molecule has 1 aliphatic heterocycles. The molecule has 0 bridgehead atoms. The number of piperidine rings is 1. The van der Waals surface area contributed by atoms with E-state index in [9.17, 15) is 18.0 Å². The molecule has 6 nitrogen and oxygen atoms in total. The maximum Gasteiger partial charge on any atom is 0.417 e. The van der Waals surface area contributed by atoms with Gasteiger partial charge in [0.15, 0.2) is 5.82 Å². The summed E-state index contributed by atoms with van der Waals surface area (Å²) in [5, 5.41) is 7.23. The molecular weight excluding hydrogens is 407 g/mol. The summed E-state index contributed by atoms with van der Waals surface area (Å²) in [5.74, 6) is 0.586. The predicted molar refractivity (Wildman–Crippen MR) is 106 cm³/mol. The highest BCUT2D eigenvalue weighted by Crippen LogP contribution is 2.28. The van der Waals surface area contributed by atoms with Crippen LogP contribution in [0, 0.1) is 5.92 Å². The minimum atomic E-state index is -4.50. The third-order valence-corrected chi connectivity index (χ3v) is 5.15. The number of pyridine rings is 1. The molecule has 1 N–H and O–H groups in total. The normalized spacial score (nSPS) is 16.4. The number of aromatic nitrogens is 3. The second-order valence-electron chi connectivity index (χ2n) is 7.61. The molecule has 0 aromatic carbocycles. The summed E-state index contributed by atoms with van der Waals surface area (Å²) in [5.41, 5.74) is -1.12. The molecule has 0 spiro atoms. The van der Waals surface area contributed by atoms with Crippen LogP contribution in [0.2, 0.25) is 5.02 Å². The highest BCUT2D eigenvalue weighted by atomic mass is 35.5. The molecule has 1 saturated heterocycles. The topological polar surface area (TPSA) is 63.1 Å². The fraction of sp³-hybridized carbons (Fsp3) is 0.526. The van der Waals surface area contributed by atoms with Crippen LogP contribution < -0.4 is 10.9 Å². The van der Waals surface area contributed by atoms with E-state index >= 15 is 0 Å². The average Bonchev–Trinajstić information content (AvgIpc) is 2.66. The van der Waals surface area contributed by atoms with Gasteiger partial charge < -0.3 is 10.2 Å². The van der Waals surface area contributed by atoms with Gasteiger partial charge in [0.05, 0.1) is 17.4 Å². The molecule has 0 unspecified atom stereocenters. The van der Waals surface area contributed by atoms with E-state index in [1.807, 2.05) is 0 Å². The lowest BCUT2D eigenvalue weighted by molar-refractivity contribution is -0.137. The minimum absolute atomic E-state index is 0.0292. The van der Waals surface area contributed by atoms with Crippen molar-refractivity contribution in [1.29, 1.82) is 0 Å². The summed E-state index contributed by atoms with van der Waals surface area (Å²) < 4.78 is 38.9. The summed E-state index contributed by atoms with van der Waals surface area (Å²) >= 11 is 6.21. The summed E-state index contributed by atoms with van der Waals surface area (Å²) in [6, 6.07) is 2.11. The maximum absolute atomic E-state index is 12.7. The first-order chi connectivity index (χ1) is 13.6. The summed E-state index contributed by atoms with van der Waals surface area (Å²) in [7, 11) is 0. The van der Waals surface area contributed by atoms with Crippen molar-refractivity contribution in [3.8, 4) is 5.82 Å². The van der Waals surface area contributed by atoms with E-state index in [4.69, 9.17) is 11.6 Å². The lowest BCUT2D eigenvalue weighted by Gasteiger charge is -2.33. The van der Waals surface area contributed by atoms with Crippen molar-refractivity contribution in [2.45, 2.75) is 38.9 Å². The lowest BCUT2D eigenvalue weighted by atomic mass is 10.0. The van der Waals surface area contributed by atoms with Crippen molar-refractivity contribution >= 4 is 17.3 Å². The molecule has 0 saturated carbocycles. The van der Waals surface area contributed by atoms with E-state index in [1.165, 1.54) is 6.20 Å². The first-order valence-corrected chi connectivity index (χ1v) is 9.83. The molecule has 1 fully saturated rings. The van der Waals surface area contributed by atoms with Crippen LogP contribution in [-0.4, -0.2) is 45.3 Å². The number of rotatable bonds is 5. The van der Waals surface area contributed by atoms with Gasteiger partial charge in [-0.3, -0.25) is 4.79 Å². The zero-order chi connectivity index (χ0) is 21.2. The van der Waals surface area contributed by atoms with Crippen LogP contribution in [0.4, 0.5) is 18.9 Å². The van der Waals surface area contributed by atoms with E-state index in [2.05, 4.69) is 34.1 Å². The van der Waals surface area contributed by atoms with Crippen LogP contribution in [-0.2, 0) is 6.18 Å². The monoisotopic (exact) mass is 429 g/mol. The van der Waals surface area contributed by atoms with Gasteiger partial charge in [-0.2, -0.15) is 23.0 Å². The van der Waals surface area contributed by atoms with Gasteiger partial charge in [0.2, 0.25) is 0 Å². The number of halogens is 4. The molecule has 0 atom stereocenters. The van der Waals surface area contributed by atoms with Crippen molar-refractivity contribution in [3.63, 3.8) is 0 Å². The largest absolute Gasteiger partial charge is 0.417 e. The summed E-state index contributed by atoms with van der Waals surface area (Å²) in [4.78, 5) is 18.6.